The van der Waals surface area contributed by atoms with E-state index in [1.807, 2.05) is 0 Å². The summed E-state index contributed by atoms with van der Waals surface area (Å²) in [5.41, 5.74) is 0.770. The first kappa shape index (κ1) is 47.7. The fourth-order valence-electron chi connectivity index (χ4n) is 8.44. The molecule has 0 aliphatic carbocycles. The molecule has 0 unspecified atom stereocenters. The first-order chi connectivity index (χ1) is 23.2. The minimum atomic E-state index is -2.69. The zero-order valence-electron chi connectivity index (χ0n) is 35.9. The molecule has 0 bridgehead atoms. The second-order valence-electron chi connectivity index (χ2n) is 18.0. The minimum absolute atomic E-state index is 0.338. The average molecular weight is 730 g/mol. The molecule has 0 aromatic carbocycles. The van der Waals surface area contributed by atoms with Crippen LogP contribution in [0.3, 0.4) is 0 Å². The molecule has 5 rings (SSSR count). The number of hydrogen-bond donors (Lipinski definition) is 0. The number of rotatable bonds is 5. The molecule has 5 fully saturated rings. The Labute approximate surface area is 313 Å². The maximum atomic E-state index is 11.0. The molecule has 0 atom stereocenters. The molecule has 0 amide bonds. The van der Waals surface area contributed by atoms with Gasteiger partial charge in [-0.15, -0.1) is 0 Å². The molecule has 0 spiro atoms. The molecular weight excluding hydrogens is 643 g/mol. The van der Waals surface area contributed by atoms with Crippen molar-refractivity contribution in [1.82, 2.24) is 24.5 Å². The van der Waals surface area contributed by atoms with Crippen molar-refractivity contribution in [2.24, 2.45) is 0 Å². The van der Waals surface area contributed by atoms with Crippen LogP contribution in [0.4, 0.5) is 0 Å². The van der Waals surface area contributed by atoms with Crippen LogP contribution in [0.25, 0.3) is 0 Å². The van der Waals surface area contributed by atoms with Crippen LogP contribution in [-0.4, -0.2) is 151 Å². The van der Waals surface area contributed by atoms with Crippen molar-refractivity contribution in [1.29, 1.82) is 0 Å². The van der Waals surface area contributed by atoms with Gasteiger partial charge >= 0.3 is 0 Å². The summed E-state index contributed by atoms with van der Waals surface area (Å²) in [5, 5.41) is 0. The van der Waals surface area contributed by atoms with Gasteiger partial charge in [-0.3, -0.25) is 14.7 Å². The van der Waals surface area contributed by atoms with Crippen molar-refractivity contribution in [3.63, 3.8) is 0 Å². The number of likely N-dealkylation sites (tertiary alicyclic amines) is 3. The van der Waals surface area contributed by atoms with Gasteiger partial charge in [-0.1, -0.05) is 6.42 Å². The first-order valence-corrected chi connectivity index (χ1v) is 22.6. The van der Waals surface area contributed by atoms with Crippen molar-refractivity contribution in [2.45, 2.75) is 190 Å². The van der Waals surface area contributed by atoms with Crippen molar-refractivity contribution in [2.75, 3.05) is 77.1 Å². The average Bonchev–Trinajstić information content (AvgIpc) is 3.58. The summed E-state index contributed by atoms with van der Waals surface area (Å²) in [6.45, 7) is 42.7. The van der Waals surface area contributed by atoms with Crippen molar-refractivity contribution >= 4 is 9.84 Å². The standard InChI is InChI=1S/C12H25N.C8H17N.C7H15NO2S.C7H15NO.C7H15N/c1-10(2)13-11(3,4)8-7-9-12(13,5)6;1-8(2)9-6-4-3-5-7-9;1-7(2)8-3-5-11(9,10)6-4-8;1-7(2)8-3-5-9-6-4-8;1-7(2)8-5-3-4-6-8/h10H,7-9H2,1-6H3;8H,3-7H2,1-2H3;7H,3-6H2,1-2H3;7H,3-6H2,1-2H3;7H,3-6H2,1-2H3. The van der Waals surface area contributed by atoms with Crippen LogP contribution in [0.2, 0.25) is 0 Å². The Hall–Kier alpha value is -0.290. The molecule has 0 radical (unpaired) electrons. The van der Waals surface area contributed by atoms with E-state index in [-0.39, 0.29) is 0 Å². The number of morpholine rings is 1. The van der Waals surface area contributed by atoms with Gasteiger partial charge in [0.15, 0.2) is 9.84 Å². The van der Waals surface area contributed by atoms with Crippen LogP contribution in [0.15, 0.2) is 0 Å². The normalized spacial score (nSPS) is 24.9. The highest BCUT2D eigenvalue weighted by atomic mass is 32.2. The molecule has 0 aromatic heterocycles. The Morgan fingerprint density at radius 3 is 1.04 bits per heavy atom. The molecule has 0 N–H and O–H groups in total. The van der Waals surface area contributed by atoms with E-state index in [1.165, 1.54) is 77.5 Å². The summed E-state index contributed by atoms with van der Waals surface area (Å²) in [7, 11) is -2.69. The summed E-state index contributed by atoms with van der Waals surface area (Å²) in [4.78, 5) is 12.4. The summed E-state index contributed by atoms with van der Waals surface area (Å²) in [6.07, 6.45) is 11.2. The Morgan fingerprint density at radius 1 is 0.440 bits per heavy atom. The largest absolute Gasteiger partial charge is 0.379 e. The predicted molar refractivity (Wildman–Crippen MR) is 218 cm³/mol. The lowest BCUT2D eigenvalue weighted by Gasteiger charge is -2.55. The smallest absolute Gasteiger partial charge is 0.152 e. The molecule has 8 nitrogen and oxygen atoms in total. The molecule has 5 heterocycles. The minimum Gasteiger partial charge on any atom is -0.379 e. The fourth-order valence-corrected chi connectivity index (χ4v) is 9.67. The van der Waals surface area contributed by atoms with Gasteiger partial charge < -0.3 is 14.5 Å². The summed E-state index contributed by atoms with van der Waals surface area (Å²) in [6, 6.07) is 3.37. The molecular formula is C41H87N5O3S. The van der Waals surface area contributed by atoms with Gasteiger partial charge in [0.1, 0.15) is 0 Å². The molecule has 0 saturated carbocycles. The molecule has 5 aliphatic heterocycles. The maximum absolute atomic E-state index is 11.0. The third kappa shape index (κ3) is 18.6. The molecule has 0 aromatic rings. The van der Waals surface area contributed by atoms with E-state index in [0.29, 0.717) is 53.8 Å². The molecule has 50 heavy (non-hydrogen) atoms. The zero-order chi connectivity index (χ0) is 38.1. The summed E-state index contributed by atoms with van der Waals surface area (Å²) < 4.78 is 27.2. The van der Waals surface area contributed by atoms with Crippen molar-refractivity contribution < 1.29 is 13.2 Å². The van der Waals surface area contributed by atoms with E-state index in [2.05, 4.69) is 121 Å². The number of sulfone groups is 1. The lowest BCUT2D eigenvalue weighted by Crippen LogP contribution is -2.61. The second-order valence-corrected chi connectivity index (χ2v) is 20.3. The van der Waals surface area contributed by atoms with E-state index in [0.717, 1.165) is 38.4 Å². The van der Waals surface area contributed by atoms with E-state index in [4.69, 9.17) is 4.74 Å². The Kier molecular flexibility index (Phi) is 22.4. The third-order valence-corrected chi connectivity index (χ3v) is 12.9. The maximum Gasteiger partial charge on any atom is 0.152 e. The second kappa shape index (κ2) is 23.5. The third-order valence-electron chi connectivity index (χ3n) is 11.3. The summed E-state index contributed by atoms with van der Waals surface area (Å²) >= 11 is 0. The molecule has 9 heteroatoms. The number of ether oxygens (including phenoxy) is 1. The van der Waals surface area contributed by atoms with Gasteiger partial charge in [-0.2, -0.15) is 0 Å². The van der Waals surface area contributed by atoms with Gasteiger partial charge in [0.05, 0.1) is 24.7 Å². The van der Waals surface area contributed by atoms with Gasteiger partial charge in [0, 0.05) is 67.5 Å². The fraction of sp³-hybridized carbons (Fsp3) is 1.00. The monoisotopic (exact) mass is 730 g/mol. The van der Waals surface area contributed by atoms with E-state index in [1.54, 1.807) is 0 Å². The molecule has 5 aliphatic rings. The van der Waals surface area contributed by atoms with E-state index < -0.39 is 9.84 Å². The lowest BCUT2D eigenvalue weighted by atomic mass is 9.79. The van der Waals surface area contributed by atoms with Crippen LogP contribution in [0.1, 0.15) is 148 Å². The van der Waals surface area contributed by atoms with Gasteiger partial charge in [0.25, 0.3) is 0 Å². The van der Waals surface area contributed by atoms with Crippen LogP contribution in [0, 0.1) is 0 Å². The zero-order valence-corrected chi connectivity index (χ0v) is 36.7. The van der Waals surface area contributed by atoms with E-state index in [9.17, 15) is 8.42 Å². The quantitative estimate of drug-likeness (QED) is 0.286. The molecule has 5 saturated heterocycles. The predicted octanol–water partition coefficient (Wildman–Crippen LogP) is 7.66. The Balaban J connectivity index is 0.000000316. The number of hydrogen-bond acceptors (Lipinski definition) is 8. The number of nitrogens with zero attached hydrogens (tertiary/aromatic N) is 5. The van der Waals surface area contributed by atoms with Crippen LogP contribution in [0.5, 0.6) is 0 Å². The number of piperidine rings is 2. The highest BCUT2D eigenvalue weighted by Crippen LogP contribution is 2.39. The van der Waals surface area contributed by atoms with Crippen LogP contribution in [-0.2, 0) is 14.6 Å². The highest BCUT2D eigenvalue weighted by molar-refractivity contribution is 7.91. The van der Waals surface area contributed by atoms with Gasteiger partial charge in [-0.25, -0.2) is 8.42 Å². The SMILES string of the molecule is CC(C)N1C(C)(C)CCCC1(C)C.CC(C)N1CCCC1.CC(C)N1CCCCC1.CC(C)N1CCOCC1.CC(C)N1CCS(=O)(=O)CC1. The highest BCUT2D eigenvalue weighted by Gasteiger charge is 2.42. The van der Waals surface area contributed by atoms with E-state index >= 15 is 0 Å². The van der Waals surface area contributed by atoms with Gasteiger partial charge in [-0.05, 0) is 168 Å². The van der Waals surface area contributed by atoms with Crippen LogP contribution < -0.4 is 0 Å². The Bertz CT molecular complexity index is 913. The Morgan fingerprint density at radius 2 is 0.760 bits per heavy atom. The summed E-state index contributed by atoms with van der Waals surface area (Å²) in [5.74, 6) is 0.677. The van der Waals surface area contributed by atoms with Crippen molar-refractivity contribution in [3.05, 3.63) is 0 Å². The topological polar surface area (TPSA) is 59.6 Å². The first-order valence-electron chi connectivity index (χ1n) is 20.7. The molecule has 300 valence electrons. The lowest BCUT2D eigenvalue weighted by molar-refractivity contribution is -0.0508. The van der Waals surface area contributed by atoms with Gasteiger partial charge in [0.2, 0.25) is 0 Å². The van der Waals surface area contributed by atoms with Crippen molar-refractivity contribution in [3.8, 4) is 0 Å². The van der Waals surface area contributed by atoms with Crippen LogP contribution >= 0.6 is 0 Å².